The number of amides is 1. The van der Waals surface area contributed by atoms with Gasteiger partial charge in [0.15, 0.2) is 0 Å². The molecule has 3 rings (SSSR count). The first-order chi connectivity index (χ1) is 14.0. The molecule has 0 radical (unpaired) electrons. The van der Waals surface area contributed by atoms with E-state index in [4.69, 9.17) is 4.42 Å². The first-order valence-electron chi connectivity index (χ1n) is 8.81. The second-order valence-electron chi connectivity index (χ2n) is 6.28. The molecule has 0 bridgehead atoms. The summed E-state index contributed by atoms with van der Waals surface area (Å²) in [5, 5.41) is 14.6. The molecule has 29 heavy (non-hydrogen) atoms. The lowest BCUT2D eigenvalue weighted by Gasteiger charge is -2.02. The van der Waals surface area contributed by atoms with Gasteiger partial charge in [-0.25, -0.2) is 5.43 Å². The average Bonchev–Trinajstić information content (AvgIpc) is 3.18. The third kappa shape index (κ3) is 6.05. The Hall–Kier alpha value is -3.39. The molecule has 1 amide bonds. The first kappa shape index (κ1) is 20.3. The maximum atomic E-state index is 11.9. The van der Waals surface area contributed by atoms with E-state index in [0.29, 0.717) is 22.8 Å². The standard InChI is InChI=1S/C21H19N3O4S/c1-15-2-4-16(5-3-15)13-29-14-21(25)23-22-12-19-10-11-20(28-19)17-6-8-18(9-7-17)24(26)27/h2-12H,13-14H2,1H3,(H,23,25)/b22-12-. The Bertz CT molecular complexity index is 1010. The van der Waals surface area contributed by atoms with Crippen LogP contribution in [0.15, 0.2) is 70.2 Å². The number of non-ortho nitro benzene ring substituents is 1. The maximum absolute atomic E-state index is 11.9. The summed E-state index contributed by atoms with van der Waals surface area (Å²) in [5.41, 5.74) is 5.58. The van der Waals surface area contributed by atoms with E-state index < -0.39 is 4.92 Å². The summed E-state index contributed by atoms with van der Waals surface area (Å²) < 4.78 is 5.62. The molecule has 1 heterocycles. The quantitative estimate of drug-likeness (QED) is 0.334. The molecule has 0 unspecified atom stereocenters. The van der Waals surface area contributed by atoms with Crippen LogP contribution in [-0.2, 0) is 10.5 Å². The molecule has 0 atom stereocenters. The van der Waals surface area contributed by atoms with Crippen LogP contribution >= 0.6 is 11.8 Å². The van der Waals surface area contributed by atoms with Crippen molar-refractivity contribution < 1.29 is 14.1 Å². The molecular weight excluding hydrogens is 390 g/mol. The van der Waals surface area contributed by atoms with Gasteiger partial charge in [-0.3, -0.25) is 14.9 Å². The van der Waals surface area contributed by atoms with Gasteiger partial charge in [-0.05, 0) is 36.8 Å². The van der Waals surface area contributed by atoms with Crippen LogP contribution < -0.4 is 5.43 Å². The molecule has 0 spiro atoms. The summed E-state index contributed by atoms with van der Waals surface area (Å²) in [5.74, 6) is 1.89. The normalized spacial score (nSPS) is 10.9. The van der Waals surface area contributed by atoms with Crippen LogP contribution in [0.4, 0.5) is 5.69 Å². The highest BCUT2D eigenvalue weighted by atomic mass is 32.2. The topological polar surface area (TPSA) is 97.7 Å². The van der Waals surface area contributed by atoms with Gasteiger partial charge < -0.3 is 4.42 Å². The Morgan fingerprint density at radius 3 is 2.55 bits per heavy atom. The smallest absolute Gasteiger partial charge is 0.269 e. The first-order valence-corrected chi connectivity index (χ1v) is 9.96. The predicted octanol–water partition coefficient (Wildman–Crippen LogP) is 4.55. The van der Waals surface area contributed by atoms with Gasteiger partial charge >= 0.3 is 0 Å². The zero-order valence-electron chi connectivity index (χ0n) is 15.7. The fourth-order valence-corrected chi connectivity index (χ4v) is 3.25. The van der Waals surface area contributed by atoms with Gasteiger partial charge in [-0.2, -0.15) is 5.10 Å². The van der Waals surface area contributed by atoms with Crippen LogP contribution in [0.1, 0.15) is 16.9 Å². The number of nitro benzene ring substituents is 1. The second-order valence-corrected chi connectivity index (χ2v) is 7.26. The molecule has 0 fully saturated rings. The van der Waals surface area contributed by atoms with E-state index in [2.05, 4.69) is 34.8 Å². The largest absolute Gasteiger partial charge is 0.455 e. The van der Waals surface area contributed by atoms with Crippen LogP contribution in [-0.4, -0.2) is 22.8 Å². The highest BCUT2D eigenvalue weighted by Gasteiger charge is 2.08. The van der Waals surface area contributed by atoms with Gasteiger partial charge in [0.25, 0.3) is 5.69 Å². The molecule has 7 nitrogen and oxygen atoms in total. The Balaban J connectivity index is 1.46. The second kappa shape index (κ2) is 9.70. The number of nitrogens with one attached hydrogen (secondary N) is 1. The highest BCUT2D eigenvalue weighted by molar-refractivity contribution is 7.99. The number of carbonyl (C=O) groups is 1. The molecule has 3 aromatic rings. The Morgan fingerprint density at radius 1 is 1.14 bits per heavy atom. The number of aryl methyl sites for hydroxylation is 1. The van der Waals surface area contributed by atoms with Crippen LogP contribution in [0, 0.1) is 17.0 Å². The molecule has 0 aliphatic rings. The van der Waals surface area contributed by atoms with Crippen molar-refractivity contribution in [3.05, 3.63) is 87.7 Å². The van der Waals surface area contributed by atoms with Crippen molar-refractivity contribution >= 4 is 29.6 Å². The molecule has 0 aliphatic carbocycles. The lowest BCUT2D eigenvalue weighted by Crippen LogP contribution is -2.19. The zero-order chi connectivity index (χ0) is 20.6. The third-order valence-corrected chi connectivity index (χ3v) is 5.00. The summed E-state index contributed by atoms with van der Waals surface area (Å²) in [4.78, 5) is 22.1. The van der Waals surface area contributed by atoms with Gasteiger partial charge in [-0.1, -0.05) is 29.8 Å². The van der Waals surface area contributed by atoms with Crippen molar-refractivity contribution in [2.45, 2.75) is 12.7 Å². The third-order valence-electron chi connectivity index (χ3n) is 3.99. The summed E-state index contributed by atoms with van der Waals surface area (Å²) in [6, 6.07) is 17.7. The molecule has 0 saturated carbocycles. The van der Waals surface area contributed by atoms with E-state index >= 15 is 0 Å². The molecule has 1 aromatic heterocycles. The lowest BCUT2D eigenvalue weighted by molar-refractivity contribution is -0.384. The Labute approximate surface area is 172 Å². The number of benzene rings is 2. The van der Waals surface area contributed by atoms with E-state index in [1.54, 1.807) is 24.3 Å². The van der Waals surface area contributed by atoms with E-state index in [-0.39, 0.29) is 11.6 Å². The number of nitro groups is 1. The van der Waals surface area contributed by atoms with Crippen LogP contribution in [0.2, 0.25) is 0 Å². The Morgan fingerprint density at radius 2 is 1.86 bits per heavy atom. The van der Waals surface area contributed by atoms with Crippen LogP contribution in [0.25, 0.3) is 11.3 Å². The summed E-state index contributed by atoms with van der Waals surface area (Å²) in [6.45, 7) is 2.04. The van der Waals surface area contributed by atoms with Gasteiger partial charge in [0.2, 0.25) is 5.91 Å². The monoisotopic (exact) mass is 409 g/mol. The van der Waals surface area contributed by atoms with E-state index in [0.717, 1.165) is 5.75 Å². The van der Waals surface area contributed by atoms with Gasteiger partial charge in [0.1, 0.15) is 11.5 Å². The number of furan rings is 1. The zero-order valence-corrected chi connectivity index (χ0v) is 16.5. The number of carbonyl (C=O) groups excluding carboxylic acids is 1. The van der Waals surface area contributed by atoms with Gasteiger partial charge in [0.05, 0.1) is 16.9 Å². The van der Waals surface area contributed by atoms with Gasteiger partial charge in [-0.15, -0.1) is 11.8 Å². The number of thioether (sulfide) groups is 1. The summed E-state index contributed by atoms with van der Waals surface area (Å²) in [6.07, 6.45) is 1.41. The van der Waals surface area contributed by atoms with E-state index in [9.17, 15) is 14.9 Å². The van der Waals surface area contributed by atoms with Crippen LogP contribution in [0.3, 0.4) is 0 Å². The van der Waals surface area contributed by atoms with Crippen molar-refractivity contribution in [1.82, 2.24) is 5.43 Å². The summed E-state index contributed by atoms with van der Waals surface area (Å²) >= 11 is 1.51. The minimum atomic E-state index is -0.453. The van der Waals surface area contributed by atoms with Crippen molar-refractivity contribution in [3.8, 4) is 11.3 Å². The van der Waals surface area contributed by atoms with Crippen molar-refractivity contribution in [2.24, 2.45) is 5.10 Å². The van der Waals surface area contributed by atoms with Crippen LogP contribution in [0.5, 0.6) is 0 Å². The molecule has 148 valence electrons. The summed E-state index contributed by atoms with van der Waals surface area (Å²) in [7, 11) is 0. The van der Waals surface area contributed by atoms with E-state index in [1.165, 1.54) is 41.2 Å². The van der Waals surface area contributed by atoms with Crippen molar-refractivity contribution in [1.29, 1.82) is 0 Å². The number of hydrogen-bond acceptors (Lipinski definition) is 6. The highest BCUT2D eigenvalue weighted by Crippen LogP contribution is 2.24. The molecule has 1 N–H and O–H groups in total. The average molecular weight is 409 g/mol. The molecular formula is C21H19N3O4S. The number of hydrazone groups is 1. The van der Waals surface area contributed by atoms with Crippen molar-refractivity contribution in [3.63, 3.8) is 0 Å². The minimum Gasteiger partial charge on any atom is -0.455 e. The molecule has 8 heteroatoms. The Kier molecular flexibility index (Phi) is 6.80. The lowest BCUT2D eigenvalue weighted by atomic mass is 10.1. The molecule has 2 aromatic carbocycles. The minimum absolute atomic E-state index is 0.0186. The predicted molar refractivity (Wildman–Crippen MR) is 114 cm³/mol. The van der Waals surface area contributed by atoms with Crippen molar-refractivity contribution in [2.75, 3.05) is 5.75 Å². The number of hydrogen-bond donors (Lipinski definition) is 1. The van der Waals surface area contributed by atoms with Gasteiger partial charge in [0, 0.05) is 23.4 Å². The number of rotatable bonds is 8. The maximum Gasteiger partial charge on any atom is 0.269 e. The fraction of sp³-hybridized carbons (Fsp3) is 0.143. The van der Waals surface area contributed by atoms with E-state index in [1.807, 2.05) is 6.92 Å². The molecule has 0 aliphatic heterocycles. The fourth-order valence-electron chi connectivity index (χ4n) is 2.47. The molecule has 0 saturated heterocycles. The number of nitrogens with zero attached hydrogens (tertiary/aromatic N) is 2. The SMILES string of the molecule is Cc1ccc(CSCC(=O)N/N=C\c2ccc(-c3ccc([N+](=O)[O-])cc3)o2)cc1.